The fourth-order valence-corrected chi connectivity index (χ4v) is 3.11. The predicted octanol–water partition coefficient (Wildman–Crippen LogP) is 4.75. The maximum atomic E-state index is 3.60. The highest BCUT2D eigenvalue weighted by molar-refractivity contribution is 7.14. The van der Waals surface area contributed by atoms with E-state index in [4.69, 9.17) is 0 Å². The fourth-order valence-electron chi connectivity index (χ4n) is 1.50. The van der Waals surface area contributed by atoms with Crippen LogP contribution >= 0.6 is 22.7 Å². The van der Waals surface area contributed by atoms with Crippen molar-refractivity contribution < 1.29 is 0 Å². The summed E-state index contributed by atoms with van der Waals surface area (Å²) in [6.07, 6.45) is 1.15. The molecule has 3 heteroatoms. The van der Waals surface area contributed by atoms with Crippen molar-refractivity contribution in [2.75, 3.05) is 0 Å². The summed E-state index contributed by atoms with van der Waals surface area (Å²) in [5.41, 5.74) is 1.59. The summed E-state index contributed by atoms with van der Waals surface area (Å²) in [5, 5.41) is 7.98. The number of rotatable bonds is 5. The molecule has 0 aromatic carbocycles. The Hall–Kier alpha value is -0.640. The normalized spacial score (nSPS) is 11.9. The van der Waals surface area contributed by atoms with Gasteiger partial charge in [0.15, 0.2) is 0 Å². The second-order valence-electron chi connectivity index (χ2n) is 4.87. The molecule has 17 heavy (non-hydrogen) atoms. The van der Waals surface area contributed by atoms with Crippen LogP contribution in [0.2, 0.25) is 0 Å². The molecule has 2 aromatic heterocycles. The van der Waals surface area contributed by atoms with Crippen LogP contribution in [-0.2, 0) is 6.54 Å². The van der Waals surface area contributed by atoms with E-state index in [9.17, 15) is 0 Å². The van der Waals surface area contributed by atoms with Crippen molar-refractivity contribution in [2.45, 2.75) is 39.3 Å². The van der Waals surface area contributed by atoms with Gasteiger partial charge in [-0.2, -0.15) is 0 Å². The van der Waals surface area contributed by atoms with Crippen LogP contribution in [0.25, 0.3) is 10.4 Å². The van der Waals surface area contributed by atoms with Gasteiger partial charge in [-0.05, 0) is 43.2 Å². The van der Waals surface area contributed by atoms with E-state index in [2.05, 4.69) is 55.0 Å². The average molecular weight is 265 g/mol. The van der Waals surface area contributed by atoms with Crippen molar-refractivity contribution >= 4 is 22.7 Å². The van der Waals surface area contributed by atoms with Gasteiger partial charge in [-0.3, -0.25) is 0 Å². The lowest BCUT2D eigenvalue weighted by Crippen LogP contribution is -2.37. The van der Waals surface area contributed by atoms with Gasteiger partial charge in [-0.25, -0.2) is 0 Å². The molecule has 2 heterocycles. The van der Waals surface area contributed by atoms with Crippen LogP contribution in [0.5, 0.6) is 0 Å². The van der Waals surface area contributed by atoms with E-state index < -0.39 is 0 Å². The first-order valence-corrected chi connectivity index (χ1v) is 7.73. The van der Waals surface area contributed by atoms with Crippen molar-refractivity contribution in [1.29, 1.82) is 0 Å². The molecule has 0 unspecified atom stereocenters. The summed E-state index contributed by atoms with van der Waals surface area (Å²) < 4.78 is 0. The molecule has 0 amide bonds. The average Bonchev–Trinajstić information content (AvgIpc) is 2.97. The fraction of sp³-hybridized carbons (Fsp3) is 0.429. The van der Waals surface area contributed by atoms with Crippen LogP contribution in [0.15, 0.2) is 29.0 Å². The maximum Gasteiger partial charge on any atom is 0.0351 e. The Morgan fingerprint density at radius 1 is 1.29 bits per heavy atom. The molecule has 2 aromatic rings. The first-order valence-electron chi connectivity index (χ1n) is 5.97. The minimum atomic E-state index is 0.229. The van der Waals surface area contributed by atoms with Crippen molar-refractivity contribution in [3.05, 3.63) is 33.8 Å². The Balaban J connectivity index is 2.00. The third-order valence-corrected chi connectivity index (χ3v) is 4.94. The van der Waals surface area contributed by atoms with Gasteiger partial charge in [0, 0.05) is 27.4 Å². The van der Waals surface area contributed by atoms with Crippen molar-refractivity contribution in [3.8, 4) is 10.4 Å². The summed E-state index contributed by atoms with van der Waals surface area (Å²) in [4.78, 5) is 2.78. The van der Waals surface area contributed by atoms with Crippen LogP contribution in [0, 0.1) is 0 Å². The van der Waals surface area contributed by atoms with Gasteiger partial charge in [0.05, 0.1) is 0 Å². The minimum Gasteiger partial charge on any atom is -0.307 e. The molecule has 1 nitrogen and oxygen atoms in total. The zero-order valence-corrected chi connectivity index (χ0v) is 12.3. The summed E-state index contributed by atoms with van der Waals surface area (Å²) in [7, 11) is 0. The molecule has 0 radical (unpaired) electrons. The Labute approximate surface area is 112 Å². The Bertz CT molecular complexity index is 454. The van der Waals surface area contributed by atoms with E-state index >= 15 is 0 Å². The first-order chi connectivity index (χ1) is 8.11. The van der Waals surface area contributed by atoms with Crippen LogP contribution in [0.4, 0.5) is 0 Å². The van der Waals surface area contributed by atoms with E-state index in [0.29, 0.717) is 0 Å². The van der Waals surface area contributed by atoms with Crippen molar-refractivity contribution in [1.82, 2.24) is 5.32 Å². The third kappa shape index (κ3) is 3.41. The van der Waals surface area contributed by atoms with Gasteiger partial charge in [-0.1, -0.05) is 13.0 Å². The second-order valence-corrected chi connectivity index (χ2v) is 6.81. The maximum absolute atomic E-state index is 3.60. The zero-order valence-electron chi connectivity index (χ0n) is 10.6. The highest BCUT2D eigenvalue weighted by Crippen LogP contribution is 2.29. The van der Waals surface area contributed by atoms with Crippen molar-refractivity contribution in [2.24, 2.45) is 0 Å². The smallest absolute Gasteiger partial charge is 0.0351 e. The molecule has 0 saturated heterocycles. The minimum absolute atomic E-state index is 0.229. The van der Waals surface area contributed by atoms with Crippen molar-refractivity contribution in [3.63, 3.8) is 0 Å². The molecule has 0 bridgehead atoms. The van der Waals surface area contributed by atoms with E-state index in [0.717, 1.165) is 13.0 Å². The van der Waals surface area contributed by atoms with Crippen LogP contribution in [-0.4, -0.2) is 5.54 Å². The summed E-state index contributed by atoms with van der Waals surface area (Å²) in [6, 6.07) is 6.59. The number of hydrogen-bond donors (Lipinski definition) is 1. The predicted molar refractivity (Wildman–Crippen MR) is 78.8 cm³/mol. The molecular formula is C14H19NS2. The molecule has 1 N–H and O–H groups in total. The number of hydrogen-bond acceptors (Lipinski definition) is 3. The van der Waals surface area contributed by atoms with Gasteiger partial charge in [-0.15, -0.1) is 22.7 Å². The monoisotopic (exact) mass is 265 g/mol. The number of nitrogens with one attached hydrogen (secondary N) is 1. The van der Waals surface area contributed by atoms with Gasteiger partial charge < -0.3 is 5.32 Å². The lowest BCUT2D eigenvalue weighted by Gasteiger charge is -2.24. The van der Waals surface area contributed by atoms with Gasteiger partial charge in [0.25, 0.3) is 0 Å². The van der Waals surface area contributed by atoms with Gasteiger partial charge in [0.2, 0.25) is 0 Å². The number of thiophene rings is 2. The summed E-state index contributed by atoms with van der Waals surface area (Å²) in [5.74, 6) is 0. The molecule has 2 rings (SSSR count). The Morgan fingerprint density at radius 2 is 2.12 bits per heavy atom. The second kappa shape index (κ2) is 5.34. The largest absolute Gasteiger partial charge is 0.307 e. The third-order valence-electron chi connectivity index (χ3n) is 3.08. The van der Waals surface area contributed by atoms with Gasteiger partial charge >= 0.3 is 0 Å². The molecule has 0 aliphatic heterocycles. The molecular weight excluding hydrogens is 246 g/mol. The van der Waals surface area contributed by atoms with E-state index in [-0.39, 0.29) is 5.54 Å². The molecule has 0 atom stereocenters. The van der Waals surface area contributed by atoms with E-state index in [1.165, 1.54) is 15.3 Å². The zero-order chi connectivity index (χ0) is 12.3. The Morgan fingerprint density at radius 3 is 2.76 bits per heavy atom. The van der Waals surface area contributed by atoms with Gasteiger partial charge in [0.1, 0.15) is 0 Å². The molecule has 0 fully saturated rings. The molecule has 0 aliphatic carbocycles. The van der Waals surface area contributed by atoms with Crippen LogP contribution in [0.1, 0.15) is 32.1 Å². The first kappa shape index (κ1) is 12.8. The van der Waals surface area contributed by atoms with Crippen LogP contribution in [0.3, 0.4) is 0 Å². The quantitative estimate of drug-likeness (QED) is 0.822. The lowest BCUT2D eigenvalue weighted by atomic mass is 10.0. The summed E-state index contributed by atoms with van der Waals surface area (Å²) >= 11 is 3.65. The molecule has 0 aliphatic rings. The van der Waals surface area contributed by atoms with Crippen LogP contribution < -0.4 is 5.32 Å². The molecule has 0 spiro atoms. The highest BCUT2D eigenvalue weighted by Gasteiger charge is 2.14. The molecule has 0 saturated carbocycles. The highest BCUT2D eigenvalue weighted by atomic mass is 32.1. The standard InChI is InChI=1S/C14H19NS2/c1-4-14(2,3)15-9-12-8-11(10-17-12)13-6-5-7-16-13/h5-8,10,15H,4,9H2,1-3H3. The lowest BCUT2D eigenvalue weighted by molar-refractivity contribution is 0.376. The SMILES string of the molecule is CCC(C)(C)NCc1cc(-c2cccs2)cs1. The van der Waals surface area contributed by atoms with E-state index in [1.807, 2.05) is 11.3 Å². The topological polar surface area (TPSA) is 12.0 Å². The Kier molecular flexibility index (Phi) is 4.02. The van der Waals surface area contributed by atoms with E-state index in [1.54, 1.807) is 11.3 Å². The summed E-state index contributed by atoms with van der Waals surface area (Å²) in [6.45, 7) is 7.69. The molecule has 92 valence electrons.